The van der Waals surface area contributed by atoms with Gasteiger partial charge in [0.05, 0.1) is 5.52 Å². The average Bonchev–Trinajstić information content (AvgIpc) is 3.03. The third-order valence-electron chi connectivity index (χ3n) is 5.83. The standard InChI is InChI=1S/C23H21F5N2O/c24-15-3-1-13(2-4-15)21-17(18-10-16(25)11-19(26)22(18)30-21)9-12-7-14(8-12)23(31)29-6-5-20(27)28/h1-4,10-12,14,20,30H,5-9H2,(H,29,31). The largest absolute Gasteiger partial charge is 0.356 e. The smallest absolute Gasteiger partial charge is 0.240 e. The first-order chi connectivity index (χ1) is 14.8. The zero-order valence-corrected chi connectivity index (χ0v) is 16.5. The molecule has 164 valence electrons. The van der Waals surface area contributed by atoms with Crippen LogP contribution < -0.4 is 5.32 Å². The van der Waals surface area contributed by atoms with Gasteiger partial charge in [-0.2, -0.15) is 0 Å². The van der Waals surface area contributed by atoms with Gasteiger partial charge in [-0.1, -0.05) is 0 Å². The Kier molecular flexibility index (Phi) is 5.98. The van der Waals surface area contributed by atoms with Crippen LogP contribution in [0.5, 0.6) is 0 Å². The molecule has 31 heavy (non-hydrogen) atoms. The molecule has 1 aliphatic carbocycles. The second kappa shape index (κ2) is 8.69. The fraction of sp³-hybridized carbons (Fsp3) is 0.348. The van der Waals surface area contributed by atoms with E-state index in [2.05, 4.69) is 10.3 Å². The summed E-state index contributed by atoms with van der Waals surface area (Å²) in [7, 11) is 0. The summed E-state index contributed by atoms with van der Waals surface area (Å²) in [6.45, 7) is -0.0621. The van der Waals surface area contributed by atoms with Crippen molar-refractivity contribution in [1.82, 2.24) is 10.3 Å². The highest BCUT2D eigenvalue weighted by Crippen LogP contribution is 2.41. The van der Waals surface area contributed by atoms with Crippen LogP contribution in [0.2, 0.25) is 0 Å². The van der Waals surface area contributed by atoms with Gasteiger partial charge >= 0.3 is 0 Å². The molecule has 1 saturated carbocycles. The third kappa shape index (κ3) is 4.57. The zero-order chi connectivity index (χ0) is 22.1. The Balaban J connectivity index is 1.54. The van der Waals surface area contributed by atoms with Gasteiger partial charge < -0.3 is 10.3 Å². The topological polar surface area (TPSA) is 44.9 Å². The van der Waals surface area contributed by atoms with Crippen LogP contribution in [0.25, 0.3) is 22.2 Å². The van der Waals surface area contributed by atoms with Crippen LogP contribution in [0.3, 0.4) is 0 Å². The molecule has 1 aliphatic rings. The van der Waals surface area contributed by atoms with Crippen molar-refractivity contribution in [3.63, 3.8) is 0 Å². The predicted octanol–water partition coefficient (Wildman–Crippen LogP) is 5.59. The summed E-state index contributed by atoms with van der Waals surface area (Å²) < 4.78 is 66.0. The highest BCUT2D eigenvalue weighted by Gasteiger charge is 2.35. The minimum Gasteiger partial charge on any atom is -0.356 e. The van der Waals surface area contributed by atoms with Crippen molar-refractivity contribution >= 4 is 16.8 Å². The Bertz CT molecular complexity index is 1090. The van der Waals surface area contributed by atoms with Gasteiger partial charge in [-0.05, 0) is 66.6 Å². The van der Waals surface area contributed by atoms with Crippen molar-refractivity contribution in [3.05, 3.63) is 59.4 Å². The van der Waals surface area contributed by atoms with Gasteiger partial charge in [-0.25, -0.2) is 22.0 Å². The Morgan fingerprint density at radius 2 is 1.77 bits per heavy atom. The number of amides is 1. The molecular weight excluding hydrogens is 415 g/mol. The van der Waals surface area contributed by atoms with Crippen LogP contribution in [0, 0.1) is 29.3 Å². The lowest BCUT2D eigenvalue weighted by Gasteiger charge is -2.34. The van der Waals surface area contributed by atoms with Crippen LogP contribution in [-0.4, -0.2) is 23.9 Å². The van der Waals surface area contributed by atoms with Gasteiger partial charge in [-0.15, -0.1) is 0 Å². The summed E-state index contributed by atoms with van der Waals surface area (Å²) in [6.07, 6.45) is -1.23. The number of hydrogen-bond donors (Lipinski definition) is 2. The summed E-state index contributed by atoms with van der Waals surface area (Å²) in [5, 5.41) is 2.94. The molecule has 3 nitrogen and oxygen atoms in total. The summed E-state index contributed by atoms with van der Waals surface area (Å²) in [6, 6.07) is 7.80. The first-order valence-corrected chi connectivity index (χ1v) is 10.1. The van der Waals surface area contributed by atoms with E-state index in [1.54, 1.807) is 12.1 Å². The lowest BCUT2D eigenvalue weighted by molar-refractivity contribution is -0.129. The average molecular weight is 436 g/mol. The van der Waals surface area contributed by atoms with Crippen molar-refractivity contribution < 1.29 is 26.7 Å². The SMILES string of the molecule is O=C(NCCC(F)F)C1CC(Cc2c(-c3ccc(F)cc3)[nH]c3c(F)cc(F)cc23)C1. The van der Waals surface area contributed by atoms with Crippen LogP contribution in [0.15, 0.2) is 36.4 Å². The number of rotatable bonds is 7. The summed E-state index contributed by atoms with van der Waals surface area (Å²) in [4.78, 5) is 15.1. The van der Waals surface area contributed by atoms with Gasteiger partial charge in [0.15, 0.2) is 0 Å². The molecule has 1 fully saturated rings. The number of carbonyl (C=O) groups excluding carboxylic acids is 1. The van der Waals surface area contributed by atoms with E-state index in [-0.39, 0.29) is 36.2 Å². The number of carbonyl (C=O) groups is 1. The van der Waals surface area contributed by atoms with Crippen molar-refractivity contribution in [1.29, 1.82) is 0 Å². The van der Waals surface area contributed by atoms with Gasteiger partial charge in [0.2, 0.25) is 12.3 Å². The van der Waals surface area contributed by atoms with Gasteiger partial charge in [0, 0.05) is 36.0 Å². The molecule has 1 heterocycles. The molecule has 0 saturated heterocycles. The molecule has 0 atom stereocenters. The van der Waals surface area contributed by atoms with E-state index in [4.69, 9.17) is 0 Å². The van der Waals surface area contributed by atoms with E-state index >= 15 is 0 Å². The number of hydrogen-bond acceptors (Lipinski definition) is 1. The number of nitrogens with one attached hydrogen (secondary N) is 2. The highest BCUT2D eigenvalue weighted by atomic mass is 19.3. The molecule has 4 rings (SSSR count). The molecule has 0 bridgehead atoms. The molecule has 1 aromatic heterocycles. The number of H-pyrrole nitrogens is 1. The van der Waals surface area contributed by atoms with E-state index in [0.717, 1.165) is 6.07 Å². The van der Waals surface area contributed by atoms with E-state index in [1.165, 1.54) is 18.2 Å². The van der Waals surface area contributed by atoms with Crippen molar-refractivity contribution in [2.75, 3.05) is 6.54 Å². The molecular formula is C23H21F5N2O. The third-order valence-corrected chi connectivity index (χ3v) is 5.83. The summed E-state index contributed by atoms with van der Waals surface area (Å²) in [5.41, 5.74) is 2.12. The first-order valence-electron chi connectivity index (χ1n) is 10.1. The van der Waals surface area contributed by atoms with E-state index in [0.29, 0.717) is 41.5 Å². The van der Waals surface area contributed by atoms with E-state index in [1.807, 2.05) is 0 Å². The Morgan fingerprint density at radius 3 is 2.45 bits per heavy atom. The fourth-order valence-electron chi connectivity index (χ4n) is 4.20. The van der Waals surface area contributed by atoms with E-state index < -0.39 is 23.9 Å². The number of benzene rings is 2. The Morgan fingerprint density at radius 1 is 1.06 bits per heavy atom. The predicted molar refractivity (Wildman–Crippen MR) is 107 cm³/mol. The van der Waals surface area contributed by atoms with Crippen LogP contribution >= 0.6 is 0 Å². The maximum absolute atomic E-state index is 14.4. The Labute approximate surface area is 175 Å². The van der Waals surface area contributed by atoms with Crippen molar-refractivity contribution in [2.45, 2.75) is 32.1 Å². The number of fused-ring (bicyclic) bond motifs is 1. The number of alkyl halides is 2. The molecule has 1 amide bonds. The second-order valence-corrected chi connectivity index (χ2v) is 8.00. The molecule has 3 aromatic rings. The molecule has 8 heteroatoms. The molecule has 0 radical (unpaired) electrons. The van der Waals surface area contributed by atoms with Crippen molar-refractivity contribution in [2.24, 2.45) is 11.8 Å². The zero-order valence-electron chi connectivity index (χ0n) is 16.5. The number of aromatic nitrogens is 1. The minimum atomic E-state index is -2.46. The second-order valence-electron chi connectivity index (χ2n) is 8.00. The molecule has 2 aromatic carbocycles. The van der Waals surface area contributed by atoms with Crippen LogP contribution in [-0.2, 0) is 11.2 Å². The van der Waals surface area contributed by atoms with Gasteiger partial charge in [-0.3, -0.25) is 4.79 Å². The lowest BCUT2D eigenvalue weighted by atomic mass is 9.71. The molecule has 2 N–H and O–H groups in total. The normalized spacial score (nSPS) is 18.4. The number of aromatic amines is 1. The Hall–Kier alpha value is -2.90. The number of halogens is 5. The first kappa shape index (κ1) is 21.3. The molecule has 0 unspecified atom stereocenters. The quantitative estimate of drug-likeness (QED) is 0.466. The summed E-state index contributed by atoms with van der Waals surface area (Å²) >= 11 is 0. The molecule has 0 aliphatic heterocycles. The van der Waals surface area contributed by atoms with Crippen LogP contribution in [0.1, 0.15) is 24.8 Å². The molecule has 0 spiro atoms. The van der Waals surface area contributed by atoms with Gasteiger partial charge in [0.25, 0.3) is 0 Å². The summed E-state index contributed by atoms with van der Waals surface area (Å²) in [5.74, 6) is -2.20. The lowest BCUT2D eigenvalue weighted by Crippen LogP contribution is -2.40. The van der Waals surface area contributed by atoms with E-state index in [9.17, 15) is 26.7 Å². The highest BCUT2D eigenvalue weighted by molar-refractivity contribution is 5.91. The monoisotopic (exact) mass is 436 g/mol. The van der Waals surface area contributed by atoms with Crippen molar-refractivity contribution in [3.8, 4) is 11.3 Å². The maximum Gasteiger partial charge on any atom is 0.240 e. The van der Waals surface area contributed by atoms with Gasteiger partial charge in [0.1, 0.15) is 17.5 Å². The minimum absolute atomic E-state index is 0.0621. The van der Waals surface area contributed by atoms with Crippen LogP contribution in [0.4, 0.5) is 22.0 Å². The fourth-order valence-corrected chi connectivity index (χ4v) is 4.20. The maximum atomic E-state index is 14.4.